The molecule has 2 nitrogen and oxygen atoms in total. The third kappa shape index (κ3) is 7.30. The number of carbonyl (C=O) groups excluding carboxylic acids is 1. The number of nitrogens with zero attached hydrogens (tertiary/aromatic N) is 1. The topological polar surface area (TPSA) is 20.3 Å². The van der Waals surface area contributed by atoms with Crippen LogP contribution in [0.4, 0.5) is 0 Å². The fraction of sp³-hybridized carbons (Fsp3) is 0.743. The number of likely N-dealkylation sites (N-methyl/N-ethyl adjacent to an activating group) is 1. The summed E-state index contributed by atoms with van der Waals surface area (Å²) in [5.41, 5.74) is 4.95. The van der Waals surface area contributed by atoms with Crippen LogP contribution < -0.4 is 0 Å². The van der Waals surface area contributed by atoms with Gasteiger partial charge >= 0.3 is 0 Å². The van der Waals surface area contributed by atoms with E-state index in [0.717, 1.165) is 29.6 Å². The van der Waals surface area contributed by atoms with Crippen molar-refractivity contribution < 1.29 is 4.79 Å². The Morgan fingerprint density at radius 3 is 2.08 bits per heavy atom. The molecular formula is C35H55NO. The van der Waals surface area contributed by atoms with E-state index in [1.807, 2.05) is 11.9 Å². The van der Waals surface area contributed by atoms with E-state index in [1.165, 1.54) is 115 Å². The second-order valence-electron chi connectivity index (χ2n) is 12.9. The second kappa shape index (κ2) is 14.0. The highest BCUT2D eigenvalue weighted by atomic mass is 16.2. The van der Waals surface area contributed by atoms with Gasteiger partial charge in [-0.05, 0) is 136 Å². The molecule has 2 heteroatoms. The molecule has 0 bridgehead atoms. The monoisotopic (exact) mass is 505 g/mol. The standard InChI is InChI=1S/C35H55NO/c1-5-8-9-10-26-11-13-30(14-12-26)32-21-24-34(27(6-2)25-32)31-17-15-28(16-18-31)29-19-22-33(23-20-29)36(4)35(37)7-3/h7,21,24-26,28-31,33H,3,5-6,8-20,22-23H2,1-2,4H3. The van der Waals surface area contributed by atoms with Gasteiger partial charge in [-0.2, -0.15) is 0 Å². The molecule has 0 spiro atoms. The van der Waals surface area contributed by atoms with Gasteiger partial charge in [-0.25, -0.2) is 0 Å². The molecule has 1 aromatic carbocycles. The maximum absolute atomic E-state index is 12.0. The molecule has 37 heavy (non-hydrogen) atoms. The van der Waals surface area contributed by atoms with Crippen LogP contribution >= 0.6 is 0 Å². The van der Waals surface area contributed by atoms with Crippen molar-refractivity contribution >= 4 is 5.91 Å². The van der Waals surface area contributed by atoms with Crippen molar-refractivity contribution in [3.05, 3.63) is 47.5 Å². The van der Waals surface area contributed by atoms with Crippen molar-refractivity contribution in [2.75, 3.05) is 7.05 Å². The van der Waals surface area contributed by atoms with E-state index in [4.69, 9.17) is 0 Å². The number of amides is 1. The van der Waals surface area contributed by atoms with Crippen molar-refractivity contribution in [1.29, 1.82) is 0 Å². The molecule has 0 saturated heterocycles. The summed E-state index contributed by atoms with van der Waals surface area (Å²) in [6, 6.07) is 8.10. The van der Waals surface area contributed by atoms with E-state index < -0.39 is 0 Å². The zero-order chi connectivity index (χ0) is 26.2. The van der Waals surface area contributed by atoms with Crippen LogP contribution in [0.1, 0.15) is 145 Å². The predicted octanol–water partition coefficient (Wildman–Crippen LogP) is 9.58. The molecular weight excluding hydrogens is 450 g/mol. The minimum atomic E-state index is 0.0804. The fourth-order valence-corrected chi connectivity index (χ4v) is 8.24. The van der Waals surface area contributed by atoms with Crippen LogP contribution in [0.3, 0.4) is 0 Å². The van der Waals surface area contributed by atoms with Crippen LogP contribution in [-0.2, 0) is 11.2 Å². The van der Waals surface area contributed by atoms with Crippen molar-refractivity contribution in [3.63, 3.8) is 0 Å². The van der Waals surface area contributed by atoms with Gasteiger partial charge in [0.2, 0.25) is 5.91 Å². The van der Waals surface area contributed by atoms with Crippen molar-refractivity contribution in [2.45, 2.75) is 141 Å². The van der Waals surface area contributed by atoms with Crippen LogP contribution in [0.2, 0.25) is 0 Å². The van der Waals surface area contributed by atoms with Gasteiger partial charge in [0.05, 0.1) is 0 Å². The van der Waals surface area contributed by atoms with Gasteiger partial charge in [0.1, 0.15) is 0 Å². The number of rotatable bonds is 10. The van der Waals surface area contributed by atoms with Crippen molar-refractivity contribution in [1.82, 2.24) is 4.90 Å². The molecule has 0 radical (unpaired) electrons. The van der Waals surface area contributed by atoms with E-state index in [1.54, 1.807) is 16.7 Å². The van der Waals surface area contributed by atoms with E-state index in [2.05, 4.69) is 38.6 Å². The van der Waals surface area contributed by atoms with Gasteiger partial charge < -0.3 is 4.90 Å². The molecule has 0 heterocycles. The van der Waals surface area contributed by atoms with Crippen LogP contribution in [0.25, 0.3) is 0 Å². The zero-order valence-electron chi connectivity index (χ0n) is 24.4. The Morgan fingerprint density at radius 2 is 1.49 bits per heavy atom. The summed E-state index contributed by atoms with van der Waals surface area (Å²) in [4.78, 5) is 13.9. The van der Waals surface area contributed by atoms with Crippen LogP contribution in [0.15, 0.2) is 30.9 Å². The third-order valence-electron chi connectivity index (χ3n) is 10.8. The molecule has 1 aromatic rings. The maximum atomic E-state index is 12.0. The van der Waals surface area contributed by atoms with Gasteiger partial charge in [0.25, 0.3) is 0 Å². The van der Waals surface area contributed by atoms with E-state index in [0.29, 0.717) is 6.04 Å². The normalized spacial score (nSPS) is 30.6. The Bertz CT molecular complexity index is 850. The van der Waals surface area contributed by atoms with E-state index in [9.17, 15) is 4.79 Å². The minimum absolute atomic E-state index is 0.0804. The molecule has 206 valence electrons. The summed E-state index contributed by atoms with van der Waals surface area (Å²) < 4.78 is 0. The Morgan fingerprint density at radius 1 is 0.865 bits per heavy atom. The van der Waals surface area contributed by atoms with E-state index in [-0.39, 0.29) is 5.91 Å². The lowest BCUT2D eigenvalue weighted by molar-refractivity contribution is -0.127. The average molecular weight is 506 g/mol. The summed E-state index contributed by atoms with van der Waals surface area (Å²) in [5.74, 6) is 4.41. The van der Waals surface area contributed by atoms with E-state index >= 15 is 0 Å². The molecule has 1 amide bonds. The van der Waals surface area contributed by atoms with Gasteiger partial charge in [-0.3, -0.25) is 4.79 Å². The van der Waals surface area contributed by atoms with Gasteiger partial charge in [0, 0.05) is 13.1 Å². The van der Waals surface area contributed by atoms with Crippen LogP contribution in [0.5, 0.6) is 0 Å². The highest BCUT2D eigenvalue weighted by Crippen LogP contribution is 2.45. The number of benzene rings is 1. The van der Waals surface area contributed by atoms with Gasteiger partial charge in [-0.1, -0.05) is 64.3 Å². The third-order valence-corrected chi connectivity index (χ3v) is 10.8. The number of hydrogen-bond acceptors (Lipinski definition) is 1. The Labute approximate surface area is 228 Å². The highest BCUT2D eigenvalue weighted by Gasteiger charge is 2.33. The van der Waals surface area contributed by atoms with Crippen molar-refractivity contribution in [3.8, 4) is 0 Å². The fourth-order valence-electron chi connectivity index (χ4n) is 8.24. The molecule has 3 aliphatic carbocycles. The minimum Gasteiger partial charge on any atom is -0.339 e. The number of carbonyl (C=O) groups is 1. The number of aryl methyl sites for hydroxylation is 1. The summed E-state index contributed by atoms with van der Waals surface area (Å²) in [6.07, 6.45) is 24.5. The number of unbranched alkanes of at least 4 members (excludes halogenated alkanes) is 2. The quantitative estimate of drug-likeness (QED) is 0.229. The molecule has 3 saturated carbocycles. The molecule has 0 aromatic heterocycles. The first-order valence-electron chi connectivity index (χ1n) is 16.1. The predicted molar refractivity (Wildman–Crippen MR) is 158 cm³/mol. The Balaban J connectivity index is 1.26. The van der Waals surface area contributed by atoms with Crippen LogP contribution in [-0.4, -0.2) is 23.9 Å². The molecule has 0 N–H and O–H groups in total. The Hall–Kier alpha value is -1.57. The first-order valence-corrected chi connectivity index (χ1v) is 16.1. The second-order valence-corrected chi connectivity index (χ2v) is 12.9. The highest BCUT2D eigenvalue weighted by molar-refractivity contribution is 5.87. The Kier molecular flexibility index (Phi) is 10.8. The summed E-state index contributed by atoms with van der Waals surface area (Å²) in [7, 11) is 1.95. The lowest BCUT2D eigenvalue weighted by Gasteiger charge is -2.40. The summed E-state index contributed by atoms with van der Waals surface area (Å²) >= 11 is 0. The lowest BCUT2D eigenvalue weighted by atomic mass is 9.68. The first kappa shape index (κ1) is 28.4. The smallest absolute Gasteiger partial charge is 0.245 e. The van der Waals surface area contributed by atoms with Gasteiger partial charge in [0.15, 0.2) is 0 Å². The molecule has 3 fully saturated rings. The average Bonchev–Trinajstić information content (AvgIpc) is 2.96. The number of hydrogen-bond donors (Lipinski definition) is 0. The summed E-state index contributed by atoms with van der Waals surface area (Å²) in [5, 5.41) is 0. The maximum Gasteiger partial charge on any atom is 0.245 e. The zero-order valence-corrected chi connectivity index (χ0v) is 24.4. The molecule has 4 rings (SSSR count). The molecule has 3 aliphatic rings. The van der Waals surface area contributed by atoms with Crippen LogP contribution in [0, 0.1) is 17.8 Å². The molecule has 0 unspecified atom stereocenters. The largest absolute Gasteiger partial charge is 0.339 e. The van der Waals surface area contributed by atoms with Gasteiger partial charge in [-0.15, -0.1) is 0 Å². The summed E-state index contributed by atoms with van der Waals surface area (Å²) in [6.45, 7) is 8.35. The SMILES string of the molecule is C=CC(=O)N(C)C1CCC(C2CCC(c3ccc(C4CCC(CCCCC)CC4)cc3CC)CC2)CC1. The molecule has 0 aliphatic heterocycles. The van der Waals surface area contributed by atoms with Crippen molar-refractivity contribution in [2.24, 2.45) is 17.8 Å². The molecule has 0 atom stereocenters. The lowest BCUT2D eigenvalue weighted by Crippen LogP contribution is -2.39. The first-order chi connectivity index (χ1) is 18.0.